The van der Waals surface area contributed by atoms with Gasteiger partial charge in [0.15, 0.2) is 0 Å². The van der Waals surface area contributed by atoms with Crippen LogP contribution in [0.1, 0.15) is 65.2 Å². The van der Waals surface area contributed by atoms with Gasteiger partial charge in [0.1, 0.15) is 0 Å². The van der Waals surface area contributed by atoms with E-state index in [9.17, 15) is 0 Å². The second-order valence-electron chi connectivity index (χ2n) is 5.89. The highest BCUT2D eigenvalue weighted by molar-refractivity contribution is 5.05. The number of aliphatic hydroxyl groups is 1. The van der Waals surface area contributed by atoms with Crippen molar-refractivity contribution in [2.75, 3.05) is 13.2 Å². The Bertz CT molecular complexity index is 465. The lowest BCUT2D eigenvalue weighted by Gasteiger charge is -2.05. The fourth-order valence-corrected chi connectivity index (χ4v) is 2.25. The van der Waals surface area contributed by atoms with Crippen LogP contribution in [0.3, 0.4) is 0 Å². The van der Waals surface area contributed by atoms with Gasteiger partial charge in [-0.25, -0.2) is 0 Å². The van der Waals surface area contributed by atoms with E-state index < -0.39 is 0 Å². The Hall–Kier alpha value is -1.80. The lowest BCUT2D eigenvalue weighted by atomic mass is 10.2. The fourth-order valence-electron chi connectivity index (χ4n) is 2.25. The molecule has 2 nitrogen and oxygen atoms in total. The summed E-state index contributed by atoms with van der Waals surface area (Å²) >= 11 is 0. The van der Waals surface area contributed by atoms with E-state index in [4.69, 9.17) is 9.84 Å². The standard InChI is InChI=1S/C24H38O2/c1-3-5-6-7-15-18-21-24(26-4-2)22-19-16-13-11-9-8-10-12-14-17-20-23-25/h5-6,8-9,13,15-18,20,22,25H,3-4,7,10-12,14,19,21,23H2,1-2H3/b6-5?,9-8?,16-13?,18-15?,20-17+,24-22?. The molecule has 0 aromatic carbocycles. The third kappa shape index (κ3) is 18.5. The third-order valence-corrected chi connectivity index (χ3v) is 3.59. The number of hydrogen-bond acceptors (Lipinski definition) is 2. The molecule has 0 rings (SSSR count). The molecule has 0 unspecified atom stereocenters. The number of aliphatic hydroxyl groups excluding tert-OH is 1. The Kier molecular flexibility index (Phi) is 19.8. The molecule has 0 radical (unpaired) electrons. The molecular weight excluding hydrogens is 320 g/mol. The van der Waals surface area contributed by atoms with E-state index in [2.05, 4.69) is 61.6 Å². The normalized spacial score (nSPS) is 13.4. The highest BCUT2D eigenvalue weighted by atomic mass is 16.5. The monoisotopic (exact) mass is 358 g/mol. The molecule has 146 valence electrons. The van der Waals surface area contributed by atoms with E-state index in [1.165, 1.54) is 0 Å². The summed E-state index contributed by atoms with van der Waals surface area (Å²) in [4.78, 5) is 0. The van der Waals surface area contributed by atoms with Crippen molar-refractivity contribution in [1.82, 2.24) is 0 Å². The molecule has 0 aliphatic carbocycles. The first kappa shape index (κ1) is 24.2. The molecule has 0 atom stereocenters. The van der Waals surface area contributed by atoms with Gasteiger partial charge in [0.2, 0.25) is 0 Å². The van der Waals surface area contributed by atoms with E-state index in [1.54, 1.807) is 6.08 Å². The molecule has 0 aliphatic heterocycles. The maximum atomic E-state index is 8.63. The molecule has 1 N–H and O–H groups in total. The quantitative estimate of drug-likeness (QED) is 0.186. The summed E-state index contributed by atoms with van der Waals surface area (Å²) < 4.78 is 5.69. The Morgan fingerprint density at radius 1 is 0.731 bits per heavy atom. The zero-order chi connectivity index (χ0) is 19.1. The van der Waals surface area contributed by atoms with E-state index in [0.717, 1.165) is 63.7 Å². The lowest BCUT2D eigenvalue weighted by molar-refractivity contribution is 0.223. The van der Waals surface area contributed by atoms with Gasteiger partial charge >= 0.3 is 0 Å². The minimum atomic E-state index is 0.146. The largest absolute Gasteiger partial charge is 0.498 e. The summed E-state index contributed by atoms with van der Waals surface area (Å²) in [6.07, 6.45) is 31.7. The maximum Gasteiger partial charge on any atom is 0.0960 e. The zero-order valence-electron chi connectivity index (χ0n) is 16.8. The molecule has 0 bridgehead atoms. The summed E-state index contributed by atoms with van der Waals surface area (Å²) in [5.41, 5.74) is 0. The van der Waals surface area contributed by atoms with Crippen molar-refractivity contribution in [3.05, 3.63) is 72.6 Å². The minimum absolute atomic E-state index is 0.146. The highest BCUT2D eigenvalue weighted by Gasteiger charge is 1.92. The first-order valence-electron chi connectivity index (χ1n) is 10.0. The van der Waals surface area contributed by atoms with Gasteiger partial charge in [-0.3, -0.25) is 0 Å². The number of rotatable bonds is 16. The number of unbranched alkanes of at least 4 members (excludes halogenated alkanes) is 2. The van der Waals surface area contributed by atoms with Gasteiger partial charge in [-0.15, -0.1) is 0 Å². The van der Waals surface area contributed by atoms with Gasteiger partial charge in [0, 0.05) is 6.42 Å². The smallest absolute Gasteiger partial charge is 0.0960 e. The van der Waals surface area contributed by atoms with Gasteiger partial charge < -0.3 is 9.84 Å². The van der Waals surface area contributed by atoms with Crippen LogP contribution in [0.15, 0.2) is 72.6 Å². The van der Waals surface area contributed by atoms with E-state index in [1.807, 2.05) is 13.0 Å². The first-order chi connectivity index (χ1) is 12.8. The van der Waals surface area contributed by atoms with Gasteiger partial charge in [0.25, 0.3) is 0 Å². The third-order valence-electron chi connectivity index (χ3n) is 3.59. The predicted octanol–water partition coefficient (Wildman–Crippen LogP) is 6.82. The van der Waals surface area contributed by atoms with Crippen LogP contribution in [-0.4, -0.2) is 18.3 Å². The summed E-state index contributed by atoms with van der Waals surface area (Å²) in [7, 11) is 0. The molecule has 2 heteroatoms. The fraction of sp³-hybridized carbons (Fsp3) is 0.500. The topological polar surface area (TPSA) is 29.5 Å². The number of allylic oxidation sites excluding steroid dienone is 10. The summed E-state index contributed by atoms with van der Waals surface area (Å²) in [6.45, 7) is 5.04. The van der Waals surface area contributed by atoms with E-state index in [0.29, 0.717) is 0 Å². The van der Waals surface area contributed by atoms with Crippen LogP contribution in [0, 0.1) is 0 Å². The van der Waals surface area contributed by atoms with Gasteiger partial charge in [-0.05, 0) is 57.9 Å². The van der Waals surface area contributed by atoms with Gasteiger partial charge in [-0.1, -0.05) is 67.7 Å². The molecule has 0 heterocycles. The summed E-state index contributed by atoms with van der Waals surface area (Å²) in [6, 6.07) is 0. The van der Waals surface area contributed by atoms with Crippen molar-refractivity contribution < 1.29 is 9.84 Å². The molecule has 0 fully saturated rings. The number of hydrogen-bond donors (Lipinski definition) is 1. The molecular formula is C24H38O2. The molecule has 0 aromatic rings. The van der Waals surface area contributed by atoms with Gasteiger partial charge in [-0.2, -0.15) is 0 Å². The summed E-state index contributed by atoms with van der Waals surface area (Å²) in [5, 5.41) is 8.63. The minimum Gasteiger partial charge on any atom is -0.498 e. The van der Waals surface area contributed by atoms with Gasteiger partial charge in [0.05, 0.1) is 19.0 Å². The molecule has 0 saturated carbocycles. The molecule has 0 spiro atoms. The van der Waals surface area contributed by atoms with Crippen LogP contribution in [0.4, 0.5) is 0 Å². The van der Waals surface area contributed by atoms with Crippen molar-refractivity contribution >= 4 is 0 Å². The van der Waals surface area contributed by atoms with Crippen LogP contribution in [0.5, 0.6) is 0 Å². The molecule has 0 aliphatic rings. The lowest BCUT2D eigenvalue weighted by Crippen LogP contribution is -1.90. The van der Waals surface area contributed by atoms with Crippen LogP contribution in [-0.2, 0) is 4.74 Å². The Labute approximate surface area is 161 Å². The second-order valence-corrected chi connectivity index (χ2v) is 5.89. The highest BCUT2D eigenvalue weighted by Crippen LogP contribution is 2.08. The Balaban J connectivity index is 3.94. The number of ether oxygens (including phenoxy) is 1. The first-order valence-corrected chi connectivity index (χ1v) is 10.0. The van der Waals surface area contributed by atoms with Crippen molar-refractivity contribution in [2.24, 2.45) is 0 Å². The van der Waals surface area contributed by atoms with Crippen LogP contribution >= 0.6 is 0 Å². The van der Waals surface area contributed by atoms with E-state index in [-0.39, 0.29) is 6.61 Å². The maximum absolute atomic E-state index is 8.63. The molecule has 0 amide bonds. The van der Waals surface area contributed by atoms with Crippen LogP contribution < -0.4 is 0 Å². The SMILES string of the molecule is CCC=CCC=CCC(=CCC=CCC=CCCC/C=C/CO)OCC. The van der Waals surface area contributed by atoms with Crippen LogP contribution in [0.2, 0.25) is 0 Å². The average molecular weight is 359 g/mol. The Morgan fingerprint density at radius 2 is 1.35 bits per heavy atom. The Morgan fingerprint density at radius 3 is 2.04 bits per heavy atom. The molecule has 0 aromatic heterocycles. The average Bonchev–Trinajstić information content (AvgIpc) is 2.65. The molecule has 26 heavy (non-hydrogen) atoms. The van der Waals surface area contributed by atoms with Crippen molar-refractivity contribution in [1.29, 1.82) is 0 Å². The van der Waals surface area contributed by atoms with Crippen molar-refractivity contribution in [3.63, 3.8) is 0 Å². The second kappa shape index (κ2) is 21.2. The van der Waals surface area contributed by atoms with Crippen LogP contribution in [0.25, 0.3) is 0 Å². The van der Waals surface area contributed by atoms with E-state index >= 15 is 0 Å². The summed E-state index contributed by atoms with van der Waals surface area (Å²) in [5.74, 6) is 1.05. The molecule has 0 saturated heterocycles. The van der Waals surface area contributed by atoms with Crippen molar-refractivity contribution in [3.8, 4) is 0 Å². The van der Waals surface area contributed by atoms with Crippen molar-refractivity contribution in [2.45, 2.75) is 65.2 Å². The predicted molar refractivity (Wildman–Crippen MR) is 115 cm³/mol. The zero-order valence-corrected chi connectivity index (χ0v) is 16.8.